The number of amides is 1. The molecule has 0 bridgehead atoms. The number of carbonyl (C=O) groups is 1. The van der Waals surface area contributed by atoms with Gasteiger partial charge in [0.2, 0.25) is 17.8 Å². The number of nitrogens with zero attached hydrogens (tertiary/aromatic N) is 4. The largest absolute Gasteiger partial charge is 0.444 e. The first-order valence-electron chi connectivity index (χ1n) is 10.2. The lowest BCUT2D eigenvalue weighted by molar-refractivity contribution is 0.0528. The Kier molecular flexibility index (Phi) is 7.83. The quantitative estimate of drug-likeness (QED) is 0.445. The highest BCUT2D eigenvalue weighted by Crippen LogP contribution is 2.21. The predicted molar refractivity (Wildman–Crippen MR) is 125 cm³/mol. The van der Waals surface area contributed by atoms with Crippen LogP contribution in [-0.4, -0.2) is 38.2 Å². The van der Waals surface area contributed by atoms with Crippen LogP contribution in [0.5, 0.6) is 11.6 Å². The van der Waals surface area contributed by atoms with E-state index in [0.717, 1.165) is 5.56 Å². The molecule has 11 heteroatoms. The van der Waals surface area contributed by atoms with Crippen LogP contribution < -0.4 is 21.1 Å². The summed E-state index contributed by atoms with van der Waals surface area (Å²) < 4.78 is 11.0. The van der Waals surface area contributed by atoms with E-state index < -0.39 is 11.7 Å². The second-order valence-electron chi connectivity index (χ2n) is 8.06. The average Bonchev–Trinajstić information content (AvgIpc) is 2.73. The third-order valence-electron chi connectivity index (χ3n) is 4.05. The number of nitrogens with one attached hydrogen (secondary N) is 2. The van der Waals surface area contributed by atoms with Crippen LogP contribution in [0.25, 0.3) is 0 Å². The van der Waals surface area contributed by atoms with Gasteiger partial charge in [-0.25, -0.2) is 19.7 Å². The molecule has 3 aromatic rings. The molecule has 1 aromatic carbocycles. The molecular weight excluding hydrogens is 446 g/mol. The number of halogens is 1. The van der Waals surface area contributed by atoms with Crippen molar-refractivity contribution < 1.29 is 14.3 Å². The Labute approximate surface area is 196 Å². The number of carbonyl (C=O) groups excluding carboxylic acids is 1. The summed E-state index contributed by atoms with van der Waals surface area (Å²) in [4.78, 5) is 28.2. The van der Waals surface area contributed by atoms with E-state index in [2.05, 4.69) is 30.6 Å². The summed E-state index contributed by atoms with van der Waals surface area (Å²) >= 11 is 5.79. The lowest BCUT2D eigenvalue weighted by Crippen LogP contribution is -2.33. The van der Waals surface area contributed by atoms with Crippen LogP contribution in [0, 0.1) is 0 Å². The fraction of sp³-hybridized carbons (Fsp3) is 0.318. The molecule has 0 unspecified atom stereocenters. The monoisotopic (exact) mass is 471 g/mol. The summed E-state index contributed by atoms with van der Waals surface area (Å²) in [5.41, 5.74) is 6.95. The Bertz CT molecular complexity index is 1070. The number of aromatic nitrogens is 4. The molecule has 0 saturated carbocycles. The number of nitrogens with two attached hydrogens (primary N) is 1. The molecule has 1 amide bonds. The molecule has 174 valence electrons. The molecule has 0 aliphatic carbocycles. The summed E-state index contributed by atoms with van der Waals surface area (Å²) in [6.45, 7) is 6.26. The first kappa shape index (κ1) is 24.0. The van der Waals surface area contributed by atoms with Gasteiger partial charge in [0.1, 0.15) is 11.4 Å². The SMILES string of the molecule is CC(C)(C)OC(=O)NCCc1ccc(Oc2cc(CNc3ncc(Cl)cn3)nc(N)n2)cc1. The minimum Gasteiger partial charge on any atom is -0.444 e. The van der Waals surface area contributed by atoms with Crippen molar-refractivity contribution in [2.45, 2.75) is 39.3 Å². The van der Waals surface area contributed by atoms with Crippen LogP contribution in [0.1, 0.15) is 32.0 Å². The lowest BCUT2D eigenvalue weighted by Gasteiger charge is -2.19. The first-order valence-corrected chi connectivity index (χ1v) is 10.6. The van der Waals surface area contributed by atoms with Gasteiger partial charge in [-0.3, -0.25) is 0 Å². The van der Waals surface area contributed by atoms with Crippen molar-refractivity contribution in [3.05, 3.63) is 59.0 Å². The number of alkyl carbamates (subject to hydrolysis) is 1. The maximum Gasteiger partial charge on any atom is 0.407 e. The molecular formula is C22H26ClN7O3. The molecule has 0 aliphatic heterocycles. The van der Waals surface area contributed by atoms with Gasteiger partial charge in [0.25, 0.3) is 0 Å². The number of nitrogen functional groups attached to an aromatic ring is 1. The molecule has 0 spiro atoms. The fourth-order valence-corrected chi connectivity index (χ4v) is 2.77. The van der Waals surface area contributed by atoms with Crippen LogP contribution in [-0.2, 0) is 17.7 Å². The Balaban J connectivity index is 1.52. The van der Waals surface area contributed by atoms with Gasteiger partial charge < -0.3 is 25.8 Å². The highest BCUT2D eigenvalue weighted by molar-refractivity contribution is 6.30. The van der Waals surface area contributed by atoms with E-state index in [1.807, 2.05) is 45.0 Å². The highest BCUT2D eigenvalue weighted by atomic mass is 35.5. The second-order valence-corrected chi connectivity index (χ2v) is 8.50. The molecule has 4 N–H and O–H groups in total. The van der Waals surface area contributed by atoms with Crippen LogP contribution in [0.15, 0.2) is 42.7 Å². The summed E-state index contributed by atoms with van der Waals surface area (Å²) in [6.07, 6.45) is 3.22. The number of hydrogen-bond donors (Lipinski definition) is 3. The van der Waals surface area contributed by atoms with Gasteiger partial charge in [-0.05, 0) is 44.9 Å². The van der Waals surface area contributed by atoms with Crippen LogP contribution >= 0.6 is 11.6 Å². The van der Waals surface area contributed by atoms with E-state index in [4.69, 9.17) is 26.8 Å². The minimum atomic E-state index is -0.521. The topological polar surface area (TPSA) is 137 Å². The third kappa shape index (κ3) is 8.41. The summed E-state index contributed by atoms with van der Waals surface area (Å²) in [5, 5.41) is 6.22. The van der Waals surface area contributed by atoms with Gasteiger partial charge >= 0.3 is 6.09 Å². The Morgan fingerprint density at radius 2 is 1.82 bits per heavy atom. The molecule has 10 nitrogen and oxygen atoms in total. The Morgan fingerprint density at radius 1 is 1.12 bits per heavy atom. The zero-order valence-electron chi connectivity index (χ0n) is 18.6. The van der Waals surface area contributed by atoms with E-state index in [1.165, 1.54) is 12.4 Å². The second kappa shape index (κ2) is 10.8. The normalized spacial score (nSPS) is 11.0. The van der Waals surface area contributed by atoms with E-state index in [1.54, 1.807) is 6.07 Å². The first-order chi connectivity index (χ1) is 15.7. The summed E-state index contributed by atoms with van der Waals surface area (Å²) in [5.74, 6) is 1.41. The number of rotatable bonds is 8. The molecule has 2 aromatic heterocycles. The zero-order chi connectivity index (χ0) is 23.8. The lowest BCUT2D eigenvalue weighted by atomic mass is 10.1. The highest BCUT2D eigenvalue weighted by Gasteiger charge is 2.15. The van der Waals surface area contributed by atoms with Gasteiger partial charge in [-0.15, -0.1) is 0 Å². The van der Waals surface area contributed by atoms with E-state index in [9.17, 15) is 4.79 Å². The van der Waals surface area contributed by atoms with Gasteiger partial charge in [-0.2, -0.15) is 4.98 Å². The Morgan fingerprint density at radius 3 is 2.48 bits per heavy atom. The van der Waals surface area contributed by atoms with Crippen molar-refractivity contribution in [1.82, 2.24) is 25.3 Å². The summed E-state index contributed by atoms with van der Waals surface area (Å²) in [6, 6.07) is 9.15. The van der Waals surface area contributed by atoms with Crippen molar-refractivity contribution in [3.63, 3.8) is 0 Å². The third-order valence-corrected chi connectivity index (χ3v) is 4.24. The van der Waals surface area contributed by atoms with Crippen LogP contribution in [0.2, 0.25) is 5.02 Å². The molecule has 3 rings (SSSR count). The van der Waals surface area contributed by atoms with Gasteiger partial charge in [0.15, 0.2) is 0 Å². The molecule has 2 heterocycles. The van der Waals surface area contributed by atoms with E-state index in [-0.39, 0.29) is 5.95 Å². The molecule has 0 fully saturated rings. The smallest absolute Gasteiger partial charge is 0.407 e. The van der Waals surface area contributed by atoms with Crippen molar-refractivity contribution in [1.29, 1.82) is 0 Å². The molecule has 0 saturated heterocycles. The van der Waals surface area contributed by atoms with Gasteiger partial charge in [0, 0.05) is 12.6 Å². The summed E-state index contributed by atoms with van der Waals surface area (Å²) in [7, 11) is 0. The molecule has 33 heavy (non-hydrogen) atoms. The number of hydrogen-bond acceptors (Lipinski definition) is 9. The zero-order valence-corrected chi connectivity index (χ0v) is 19.4. The van der Waals surface area contributed by atoms with Crippen LogP contribution in [0.3, 0.4) is 0 Å². The average molecular weight is 472 g/mol. The number of anilines is 2. The molecule has 0 radical (unpaired) electrons. The van der Waals surface area contributed by atoms with E-state index >= 15 is 0 Å². The van der Waals surface area contributed by atoms with Crippen molar-refractivity contribution in [3.8, 4) is 11.6 Å². The molecule has 0 aliphatic rings. The van der Waals surface area contributed by atoms with Crippen LogP contribution in [0.4, 0.5) is 16.7 Å². The number of ether oxygens (including phenoxy) is 2. The van der Waals surface area contributed by atoms with Crippen molar-refractivity contribution in [2.75, 3.05) is 17.6 Å². The van der Waals surface area contributed by atoms with E-state index in [0.29, 0.717) is 47.8 Å². The Hall–Kier alpha value is -3.66. The predicted octanol–water partition coefficient (Wildman–Crippen LogP) is 3.97. The fourth-order valence-electron chi connectivity index (χ4n) is 2.68. The standard InChI is InChI=1S/C22H26ClN7O3/c1-22(2,3)33-21(31)25-9-8-14-4-6-17(7-5-14)32-18-10-16(29-19(24)30-18)13-28-20-26-11-15(23)12-27-20/h4-7,10-12H,8-9,13H2,1-3H3,(H,25,31)(H2,24,29,30)(H,26,27,28). The minimum absolute atomic E-state index is 0.0890. The maximum absolute atomic E-state index is 11.7. The van der Waals surface area contributed by atoms with Crippen molar-refractivity contribution >= 4 is 29.6 Å². The molecule has 0 atom stereocenters. The number of benzene rings is 1. The van der Waals surface area contributed by atoms with Crippen molar-refractivity contribution in [2.24, 2.45) is 0 Å². The maximum atomic E-state index is 11.7. The van der Waals surface area contributed by atoms with Gasteiger partial charge in [-0.1, -0.05) is 23.7 Å². The van der Waals surface area contributed by atoms with Gasteiger partial charge in [0.05, 0.1) is 29.7 Å².